The Bertz CT molecular complexity index is 1160. The van der Waals surface area contributed by atoms with Crippen LogP contribution in [0.25, 0.3) is 5.69 Å². The number of methoxy groups -OCH3 is 1. The van der Waals surface area contributed by atoms with Crippen molar-refractivity contribution in [2.45, 2.75) is 19.3 Å². The average molecular weight is 422 g/mol. The summed E-state index contributed by atoms with van der Waals surface area (Å²) in [6, 6.07) is 11.2. The predicted octanol–water partition coefficient (Wildman–Crippen LogP) is 4.33. The van der Waals surface area contributed by atoms with Crippen molar-refractivity contribution in [1.82, 2.24) is 9.78 Å². The van der Waals surface area contributed by atoms with Crippen molar-refractivity contribution in [2.75, 3.05) is 19.0 Å². The minimum Gasteiger partial charge on any atom is -0.493 e. The number of benzene rings is 2. The lowest BCUT2D eigenvalue weighted by atomic mass is 9.87. The summed E-state index contributed by atoms with van der Waals surface area (Å²) in [5.74, 6) is 3.96. The number of anilines is 1. The largest absolute Gasteiger partial charge is 0.493 e. The van der Waals surface area contributed by atoms with Gasteiger partial charge in [-0.05, 0) is 42.3 Å². The van der Waals surface area contributed by atoms with E-state index in [4.69, 9.17) is 27.5 Å². The van der Waals surface area contributed by atoms with Gasteiger partial charge in [0, 0.05) is 22.9 Å². The summed E-state index contributed by atoms with van der Waals surface area (Å²) in [6.07, 6.45) is 7.37. The van der Waals surface area contributed by atoms with E-state index in [0.29, 0.717) is 28.8 Å². The molecule has 0 aliphatic carbocycles. The van der Waals surface area contributed by atoms with E-state index in [0.717, 1.165) is 22.4 Å². The molecule has 0 unspecified atom stereocenters. The van der Waals surface area contributed by atoms with Crippen LogP contribution in [0.2, 0.25) is 5.02 Å². The molecule has 0 radical (unpaired) electrons. The molecular weight excluding hydrogens is 402 g/mol. The molecule has 3 aromatic rings. The Morgan fingerprint density at radius 3 is 2.93 bits per heavy atom. The quantitative estimate of drug-likeness (QED) is 0.623. The molecule has 2 heterocycles. The van der Waals surface area contributed by atoms with Crippen LogP contribution in [0.15, 0.2) is 42.6 Å². The Morgan fingerprint density at radius 2 is 2.17 bits per heavy atom. The van der Waals surface area contributed by atoms with Gasteiger partial charge in [-0.1, -0.05) is 29.7 Å². The van der Waals surface area contributed by atoms with Crippen LogP contribution in [0.4, 0.5) is 5.82 Å². The van der Waals surface area contributed by atoms with Crippen LogP contribution in [0.3, 0.4) is 0 Å². The number of nitrogens with zero attached hydrogens (tertiary/aromatic N) is 2. The van der Waals surface area contributed by atoms with Gasteiger partial charge in [0.2, 0.25) is 5.91 Å². The van der Waals surface area contributed by atoms with Crippen molar-refractivity contribution in [3.05, 3.63) is 64.3 Å². The lowest BCUT2D eigenvalue weighted by molar-refractivity contribution is -0.116. The number of halogens is 1. The maximum absolute atomic E-state index is 12.5. The molecule has 1 aliphatic heterocycles. The number of hydrogen-bond donors (Lipinski definition) is 1. The summed E-state index contributed by atoms with van der Waals surface area (Å²) in [5.41, 5.74) is 3.56. The molecule has 1 N–H and O–H groups in total. The Kier molecular flexibility index (Phi) is 5.39. The van der Waals surface area contributed by atoms with E-state index in [1.807, 2.05) is 43.3 Å². The first-order chi connectivity index (χ1) is 14.5. The molecule has 7 heteroatoms. The summed E-state index contributed by atoms with van der Waals surface area (Å²) in [4.78, 5) is 12.5. The molecule has 1 aromatic heterocycles. The van der Waals surface area contributed by atoms with Crippen molar-refractivity contribution in [3.8, 4) is 29.5 Å². The van der Waals surface area contributed by atoms with Gasteiger partial charge in [0.15, 0.2) is 11.5 Å². The van der Waals surface area contributed by atoms with Gasteiger partial charge >= 0.3 is 0 Å². The third-order valence-electron chi connectivity index (χ3n) is 5.19. The number of carbonyl (C=O) groups is 1. The molecule has 0 spiro atoms. The second-order valence-electron chi connectivity index (χ2n) is 6.95. The maximum atomic E-state index is 12.5. The van der Waals surface area contributed by atoms with E-state index in [9.17, 15) is 4.79 Å². The highest BCUT2D eigenvalue weighted by molar-refractivity contribution is 6.31. The van der Waals surface area contributed by atoms with Crippen LogP contribution >= 0.6 is 11.6 Å². The van der Waals surface area contributed by atoms with Crippen LogP contribution in [-0.2, 0) is 4.79 Å². The highest BCUT2D eigenvalue weighted by atomic mass is 35.5. The average Bonchev–Trinajstić information content (AvgIpc) is 3.17. The number of amides is 1. The van der Waals surface area contributed by atoms with E-state index in [1.54, 1.807) is 18.0 Å². The maximum Gasteiger partial charge on any atom is 0.226 e. The summed E-state index contributed by atoms with van der Waals surface area (Å²) in [7, 11) is 1.57. The van der Waals surface area contributed by atoms with Crippen molar-refractivity contribution in [3.63, 3.8) is 0 Å². The van der Waals surface area contributed by atoms with Gasteiger partial charge in [0.1, 0.15) is 12.4 Å². The molecule has 0 bridgehead atoms. The van der Waals surface area contributed by atoms with E-state index in [1.165, 1.54) is 0 Å². The zero-order valence-corrected chi connectivity index (χ0v) is 17.4. The Labute approximate surface area is 179 Å². The van der Waals surface area contributed by atoms with Gasteiger partial charge in [-0.25, -0.2) is 4.68 Å². The van der Waals surface area contributed by atoms with Gasteiger partial charge in [-0.2, -0.15) is 5.10 Å². The van der Waals surface area contributed by atoms with Gasteiger partial charge in [0.25, 0.3) is 0 Å². The van der Waals surface area contributed by atoms with Crippen molar-refractivity contribution >= 4 is 23.3 Å². The summed E-state index contributed by atoms with van der Waals surface area (Å²) in [5, 5.41) is 8.15. The highest BCUT2D eigenvalue weighted by Gasteiger charge is 2.31. The first-order valence-corrected chi connectivity index (χ1v) is 9.78. The van der Waals surface area contributed by atoms with E-state index < -0.39 is 0 Å². The Balaban J connectivity index is 1.77. The first-order valence-electron chi connectivity index (χ1n) is 9.41. The normalized spacial score (nSPS) is 15.1. The third-order valence-corrected chi connectivity index (χ3v) is 5.60. The standard InChI is InChI=1S/C23H20ClN3O3/c1-4-10-30-20-9-8-15(11-21(20)29-3)16-12-22(28)26-23-17(16)13-25-27(23)19-7-5-6-18(24)14(19)2/h1,5-9,11,13,16H,10,12H2,2-3H3,(H,26,28)/t16-/m0/s1. The number of rotatable bonds is 5. The predicted molar refractivity (Wildman–Crippen MR) is 116 cm³/mol. The second kappa shape index (κ2) is 8.13. The lowest BCUT2D eigenvalue weighted by Crippen LogP contribution is -2.24. The number of ether oxygens (including phenoxy) is 2. The summed E-state index contributed by atoms with van der Waals surface area (Å²) < 4.78 is 12.7. The zero-order valence-electron chi connectivity index (χ0n) is 16.6. The highest BCUT2D eigenvalue weighted by Crippen LogP contribution is 2.41. The van der Waals surface area contributed by atoms with Crippen molar-refractivity contribution in [1.29, 1.82) is 0 Å². The fourth-order valence-electron chi connectivity index (χ4n) is 3.66. The number of terminal acetylenes is 1. The first kappa shape index (κ1) is 19.9. The van der Waals surface area contributed by atoms with Crippen LogP contribution in [-0.4, -0.2) is 29.4 Å². The number of aromatic nitrogens is 2. The number of fused-ring (bicyclic) bond motifs is 1. The molecule has 30 heavy (non-hydrogen) atoms. The SMILES string of the molecule is C#CCOc1ccc([C@@H]2CC(=O)Nc3c2cnn3-c2cccc(Cl)c2C)cc1OC. The van der Waals surface area contributed by atoms with Crippen LogP contribution in [0.1, 0.15) is 29.0 Å². The van der Waals surface area contributed by atoms with E-state index >= 15 is 0 Å². The van der Waals surface area contributed by atoms with E-state index in [2.05, 4.69) is 16.3 Å². The number of hydrogen-bond acceptors (Lipinski definition) is 4. The molecule has 152 valence electrons. The minimum atomic E-state index is -0.169. The zero-order chi connectivity index (χ0) is 21.3. The molecule has 0 saturated heterocycles. The molecule has 2 aromatic carbocycles. The van der Waals surface area contributed by atoms with Gasteiger partial charge in [-0.3, -0.25) is 4.79 Å². The second-order valence-corrected chi connectivity index (χ2v) is 7.36. The topological polar surface area (TPSA) is 65.4 Å². The fraction of sp³-hybridized carbons (Fsp3) is 0.217. The third kappa shape index (κ3) is 3.49. The Hall–Kier alpha value is -3.43. The van der Waals surface area contributed by atoms with Crippen LogP contribution in [0, 0.1) is 19.3 Å². The fourth-order valence-corrected chi connectivity index (χ4v) is 3.83. The monoisotopic (exact) mass is 421 g/mol. The molecule has 1 amide bonds. The lowest BCUT2D eigenvalue weighted by Gasteiger charge is -2.24. The Morgan fingerprint density at radius 1 is 1.33 bits per heavy atom. The van der Waals surface area contributed by atoms with Gasteiger partial charge in [0.05, 0.1) is 19.0 Å². The summed E-state index contributed by atoms with van der Waals surface area (Å²) in [6.45, 7) is 2.07. The van der Waals surface area contributed by atoms with Gasteiger partial charge in [-0.15, -0.1) is 6.42 Å². The molecule has 4 rings (SSSR count). The smallest absolute Gasteiger partial charge is 0.226 e. The van der Waals surface area contributed by atoms with Crippen LogP contribution in [0.5, 0.6) is 11.5 Å². The number of nitrogens with one attached hydrogen (secondary N) is 1. The minimum absolute atomic E-state index is 0.0828. The molecule has 1 aliphatic rings. The molecule has 6 nitrogen and oxygen atoms in total. The van der Waals surface area contributed by atoms with Crippen LogP contribution < -0.4 is 14.8 Å². The van der Waals surface area contributed by atoms with Gasteiger partial charge < -0.3 is 14.8 Å². The summed E-state index contributed by atoms with van der Waals surface area (Å²) >= 11 is 6.29. The molecule has 1 atom stereocenters. The molecule has 0 saturated carbocycles. The molecule has 0 fully saturated rings. The number of carbonyl (C=O) groups excluding carboxylic acids is 1. The van der Waals surface area contributed by atoms with Crippen molar-refractivity contribution < 1.29 is 14.3 Å². The molecular formula is C23H20ClN3O3. The van der Waals surface area contributed by atoms with E-state index in [-0.39, 0.29) is 18.4 Å². The van der Waals surface area contributed by atoms with Crippen molar-refractivity contribution in [2.24, 2.45) is 0 Å².